The van der Waals surface area contributed by atoms with Crippen LogP contribution in [0.1, 0.15) is 96.5 Å². The molecule has 0 aromatic heterocycles. The maximum absolute atomic E-state index is 5.59. The van der Waals surface area contributed by atoms with Gasteiger partial charge in [0.25, 0.3) is 0 Å². The maximum atomic E-state index is 5.59. The molecule has 3 unspecified atom stereocenters. The molecule has 2 saturated carbocycles. The third-order valence-electron chi connectivity index (χ3n) is 7.35. The van der Waals surface area contributed by atoms with E-state index in [0.717, 1.165) is 41.9 Å². The van der Waals surface area contributed by atoms with Crippen molar-refractivity contribution in [2.24, 2.45) is 23.7 Å². The quantitative estimate of drug-likeness (QED) is 0.488. The molecule has 1 nitrogen and oxygen atoms in total. The highest BCUT2D eigenvalue weighted by Gasteiger charge is 2.35. The molecule has 3 rings (SSSR count). The topological polar surface area (TPSA) is 9.23 Å². The lowest BCUT2D eigenvalue weighted by molar-refractivity contribution is 0.102. The first kappa shape index (κ1) is 19.8. The second kappa shape index (κ2) is 9.81. The minimum atomic E-state index is 0.753. The zero-order valence-electron chi connectivity index (χ0n) is 17.4. The summed E-state index contributed by atoms with van der Waals surface area (Å²) in [5.41, 5.74) is 1.53. The van der Waals surface area contributed by atoms with Gasteiger partial charge in [-0.15, -0.1) is 0 Å². The van der Waals surface area contributed by atoms with Crippen molar-refractivity contribution in [2.75, 3.05) is 6.61 Å². The molecule has 0 amide bonds. The summed E-state index contributed by atoms with van der Waals surface area (Å²) in [5, 5.41) is 0. The number of hydrogen-bond donors (Lipinski definition) is 0. The lowest BCUT2D eigenvalue weighted by Crippen LogP contribution is -2.31. The van der Waals surface area contributed by atoms with E-state index in [1.807, 2.05) is 6.92 Å². The molecule has 2 aliphatic rings. The van der Waals surface area contributed by atoms with Crippen LogP contribution >= 0.6 is 0 Å². The standard InChI is InChI=1S/C25H40O/c1-4-6-7-20-8-17-25(19(3)18-20)23-11-9-21(10-12-23)22-13-15-24(16-14-22)26-5-2/h13-16,19-21,23,25H,4-12,17-18H2,1-3H3. The molecule has 0 spiro atoms. The molecule has 146 valence electrons. The molecule has 2 aliphatic carbocycles. The van der Waals surface area contributed by atoms with E-state index in [2.05, 4.69) is 38.1 Å². The Morgan fingerprint density at radius 1 is 0.923 bits per heavy atom. The molecule has 1 heteroatoms. The highest BCUT2D eigenvalue weighted by atomic mass is 16.5. The first-order chi connectivity index (χ1) is 12.7. The van der Waals surface area contributed by atoms with Crippen LogP contribution in [0.5, 0.6) is 5.75 Å². The van der Waals surface area contributed by atoms with Crippen molar-refractivity contribution in [1.29, 1.82) is 0 Å². The molecule has 0 radical (unpaired) electrons. The van der Waals surface area contributed by atoms with Crippen LogP contribution in [0.4, 0.5) is 0 Å². The fraction of sp³-hybridized carbons (Fsp3) is 0.760. The minimum absolute atomic E-state index is 0.753. The largest absolute Gasteiger partial charge is 0.494 e. The van der Waals surface area contributed by atoms with Gasteiger partial charge in [-0.1, -0.05) is 51.7 Å². The van der Waals surface area contributed by atoms with Crippen molar-refractivity contribution >= 4 is 0 Å². The predicted molar refractivity (Wildman–Crippen MR) is 112 cm³/mol. The number of benzene rings is 1. The second-order valence-electron chi connectivity index (χ2n) is 9.08. The lowest BCUT2D eigenvalue weighted by atomic mass is 9.64. The van der Waals surface area contributed by atoms with Crippen LogP contribution < -0.4 is 4.74 Å². The van der Waals surface area contributed by atoms with Crippen molar-refractivity contribution in [3.8, 4) is 5.75 Å². The molecule has 1 aromatic rings. The second-order valence-corrected chi connectivity index (χ2v) is 9.08. The molecule has 0 N–H and O–H groups in total. The number of ether oxygens (including phenoxy) is 1. The van der Waals surface area contributed by atoms with Gasteiger partial charge in [-0.05, 0) is 92.7 Å². The van der Waals surface area contributed by atoms with Gasteiger partial charge >= 0.3 is 0 Å². The molecule has 0 saturated heterocycles. The summed E-state index contributed by atoms with van der Waals surface area (Å²) in [6, 6.07) is 8.92. The van der Waals surface area contributed by atoms with Crippen LogP contribution in [0.15, 0.2) is 24.3 Å². The minimum Gasteiger partial charge on any atom is -0.494 e. The average molecular weight is 357 g/mol. The Morgan fingerprint density at radius 2 is 1.65 bits per heavy atom. The van der Waals surface area contributed by atoms with Crippen molar-refractivity contribution in [3.63, 3.8) is 0 Å². The Kier molecular flexibility index (Phi) is 7.46. The van der Waals surface area contributed by atoms with E-state index in [-0.39, 0.29) is 0 Å². The van der Waals surface area contributed by atoms with Crippen LogP contribution in [0, 0.1) is 23.7 Å². The van der Waals surface area contributed by atoms with Gasteiger partial charge in [-0.3, -0.25) is 0 Å². The Bertz CT molecular complexity index is 511. The molecule has 3 atom stereocenters. The van der Waals surface area contributed by atoms with E-state index < -0.39 is 0 Å². The van der Waals surface area contributed by atoms with Crippen molar-refractivity contribution in [1.82, 2.24) is 0 Å². The summed E-state index contributed by atoms with van der Waals surface area (Å²) >= 11 is 0. The predicted octanol–water partition coefficient (Wildman–Crippen LogP) is 7.60. The number of unbranched alkanes of at least 4 members (excludes halogenated alkanes) is 1. The van der Waals surface area contributed by atoms with Gasteiger partial charge in [-0.25, -0.2) is 0 Å². The van der Waals surface area contributed by atoms with E-state index in [1.165, 1.54) is 69.8 Å². The van der Waals surface area contributed by atoms with Crippen LogP contribution in [0.3, 0.4) is 0 Å². The molecule has 0 aliphatic heterocycles. The van der Waals surface area contributed by atoms with Gasteiger partial charge in [0.15, 0.2) is 0 Å². The number of rotatable bonds is 7. The Hall–Kier alpha value is -0.980. The molecular weight excluding hydrogens is 316 g/mol. The highest BCUT2D eigenvalue weighted by molar-refractivity contribution is 5.29. The van der Waals surface area contributed by atoms with Crippen molar-refractivity contribution in [2.45, 2.75) is 90.9 Å². The monoisotopic (exact) mass is 356 g/mol. The summed E-state index contributed by atoms with van der Waals surface area (Å²) in [7, 11) is 0. The first-order valence-corrected chi connectivity index (χ1v) is 11.4. The van der Waals surface area contributed by atoms with E-state index in [0.29, 0.717) is 0 Å². The Morgan fingerprint density at radius 3 is 2.27 bits per heavy atom. The summed E-state index contributed by atoms with van der Waals surface area (Å²) < 4.78 is 5.59. The van der Waals surface area contributed by atoms with E-state index in [1.54, 1.807) is 0 Å². The molecular formula is C25H40O. The first-order valence-electron chi connectivity index (χ1n) is 11.4. The summed E-state index contributed by atoms with van der Waals surface area (Å²) in [6.45, 7) is 7.69. The van der Waals surface area contributed by atoms with Crippen molar-refractivity contribution in [3.05, 3.63) is 29.8 Å². The SMILES string of the molecule is CCCCC1CCC(C2CCC(c3ccc(OCC)cc3)CC2)C(C)C1. The van der Waals surface area contributed by atoms with Gasteiger partial charge in [0.1, 0.15) is 5.75 Å². The molecule has 0 bridgehead atoms. The fourth-order valence-electron chi connectivity index (χ4n) is 5.87. The summed E-state index contributed by atoms with van der Waals surface area (Å²) in [4.78, 5) is 0. The summed E-state index contributed by atoms with van der Waals surface area (Å²) in [5.74, 6) is 5.78. The molecule has 1 aromatic carbocycles. The maximum Gasteiger partial charge on any atom is 0.119 e. The van der Waals surface area contributed by atoms with Crippen LogP contribution in [0.25, 0.3) is 0 Å². The highest BCUT2D eigenvalue weighted by Crippen LogP contribution is 2.46. The Balaban J connectivity index is 1.47. The Labute approximate surface area is 161 Å². The fourth-order valence-corrected chi connectivity index (χ4v) is 5.87. The van der Waals surface area contributed by atoms with Crippen molar-refractivity contribution < 1.29 is 4.74 Å². The van der Waals surface area contributed by atoms with Gasteiger partial charge in [-0.2, -0.15) is 0 Å². The zero-order valence-corrected chi connectivity index (χ0v) is 17.4. The van der Waals surface area contributed by atoms with E-state index in [9.17, 15) is 0 Å². The molecule has 26 heavy (non-hydrogen) atoms. The average Bonchev–Trinajstić information content (AvgIpc) is 2.68. The van der Waals surface area contributed by atoms with Gasteiger partial charge in [0.05, 0.1) is 6.61 Å². The smallest absolute Gasteiger partial charge is 0.119 e. The van der Waals surface area contributed by atoms with Crippen LogP contribution in [0.2, 0.25) is 0 Å². The van der Waals surface area contributed by atoms with Crippen LogP contribution in [-0.2, 0) is 0 Å². The normalized spacial score (nSPS) is 32.3. The third-order valence-corrected chi connectivity index (χ3v) is 7.35. The van der Waals surface area contributed by atoms with Gasteiger partial charge in [0, 0.05) is 0 Å². The van der Waals surface area contributed by atoms with Gasteiger partial charge < -0.3 is 4.74 Å². The van der Waals surface area contributed by atoms with Gasteiger partial charge in [0.2, 0.25) is 0 Å². The zero-order chi connectivity index (χ0) is 18.4. The summed E-state index contributed by atoms with van der Waals surface area (Å²) in [6.07, 6.45) is 14.5. The van der Waals surface area contributed by atoms with E-state index >= 15 is 0 Å². The van der Waals surface area contributed by atoms with Crippen LogP contribution in [-0.4, -0.2) is 6.61 Å². The molecule has 2 fully saturated rings. The third kappa shape index (κ3) is 5.05. The van der Waals surface area contributed by atoms with E-state index in [4.69, 9.17) is 4.74 Å². The molecule has 0 heterocycles. The lowest BCUT2D eigenvalue weighted by Gasteiger charge is -2.42. The number of hydrogen-bond acceptors (Lipinski definition) is 1.